The van der Waals surface area contributed by atoms with Crippen LogP contribution in [-0.2, 0) is 11.2 Å². The van der Waals surface area contributed by atoms with Gasteiger partial charge in [0.2, 0.25) is 17.4 Å². The maximum absolute atomic E-state index is 12.5. The quantitative estimate of drug-likeness (QED) is 0.106. The molecule has 0 bridgehead atoms. The third-order valence-corrected chi connectivity index (χ3v) is 8.56. The molecule has 0 saturated heterocycles. The molecule has 4 aromatic rings. The summed E-state index contributed by atoms with van der Waals surface area (Å²) < 4.78 is 138. The molecule has 0 N–H and O–H groups in total. The minimum atomic E-state index is -4.57. The number of benzene rings is 2. The Kier molecular flexibility index (Phi) is 11.6. The van der Waals surface area contributed by atoms with Gasteiger partial charge in [-0.15, -0.1) is 22.0 Å². The Balaban J connectivity index is 0.000000246. The molecule has 2 aromatic heterocycles. The van der Waals surface area contributed by atoms with Gasteiger partial charge in [-0.25, -0.2) is 36.9 Å². The summed E-state index contributed by atoms with van der Waals surface area (Å²) in [5.41, 5.74) is 3.07. The standard InChI is InChI=1S/C13H12F5N3OS.C13H12F5N3S/c1-7-3-8(2)10(23(22)5-13(16,17)18)4-9(7)21-6-19-12(20-21)11(14)15;1-7-3-8(2)10(22-5-13(16,17)18)4-9(7)21-6-19-12(20-21)11(14)15/h3-4,6,11H,5H2,1-2H3;3-4,6,11H,5H2,1-2H3. The number of halogens is 10. The maximum Gasteiger partial charge on any atom is 0.433 e. The van der Waals surface area contributed by atoms with E-state index in [1.165, 1.54) is 25.1 Å². The molecule has 0 fully saturated rings. The third kappa shape index (κ3) is 10.1. The molecule has 19 heteroatoms. The van der Waals surface area contributed by atoms with Gasteiger partial charge in [-0.05, 0) is 67.7 Å². The first-order valence-electron chi connectivity index (χ1n) is 12.5. The molecule has 7 nitrogen and oxygen atoms in total. The van der Waals surface area contributed by atoms with E-state index < -0.39 is 59.5 Å². The first-order chi connectivity index (χ1) is 20.8. The summed E-state index contributed by atoms with van der Waals surface area (Å²) in [5.74, 6) is -3.81. The van der Waals surface area contributed by atoms with E-state index >= 15 is 0 Å². The fraction of sp³-hybridized carbons (Fsp3) is 0.385. The van der Waals surface area contributed by atoms with Crippen molar-refractivity contribution in [1.82, 2.24) is 29.5 Å². The van der Waals surface area contributed by atoms with Gasteiger partial charge in [-0.2, -0.15) is 26.3 Å². The van der Waals surface area contributed by atoms with Gasteiger partial charge >= 0.3 is 12.4 Å². The lowest BCUT2D eigenvalue weighted by atomic mass is 10.1. The second kappa shape index (κ2) is 14.4. The summed E-state index contributed by atoms with van der Waals surface area (Å²) in [4.78, 5) is 7.33. The van der Waals surface area contributed by atoms with Crippen molar-refractivity contribution in [3.05, 3.63) is 70.8 Å². The molecule has 1 atom stereocenters. The van der Waals surface area contributed by atoms with Gasteiger partial charge in [0, 0.05) is 16.5 Å². The van der Waals surface area contributed by atoms with Crippen molar-refractivity contribution in [2.45, 2.75) is 62.7 Å². The second-order valence-corrected chi connectivity index (χ2v) is 12.0. The van der Waals surface area contributed by atoms with Gasteiger partial charge in [0.1, 0.15) is 12.7 Å². The molecule has 0 aliphatic carbocycles. The fourth-order valence-corrected chi connectivity index (χ4v) is 5.82. The largest absolute Gasteiger partial charge is 0.611 e. The van der Waals surface area contributed by atoms with Crippen LogP contribution in [-0.4, -0.2) is 57.9 Å². The topological polar surface area (TPSA) is 84.5 Å². The lowest BCUT2D eigenvalue weighted by Crippen LogP contribution is -2.23. The molecular formula is C26H24F10N6OS2. The fourth-order valence-electron chi connectivity index (χ4n) is 3.91. The second-order valence-electron chi connectivity index (χ2n) is 9.51. The number of thioether (sulfide) groups is 1. The smallest absolute Gasteiger partial charge is 0.433 e. The third-order valence-electron chi connectivity index (χ3n) is 5.82. The molecule has 0 aliphatic rings. The summed E-state index contributed by atoms with van der Waals surface area (Å²) in [6.07, 6.45) is -12.4. The van der Waals surface area contributed by atoms with Crippen molar-refractivity contribution in [1.29, 1.82) is 0 Å². The molecule has 246 valence electrons. The summed E-state index contributed by atoms with van der Waals surface area (Å²) >= 11 is -1.64. The molecule has 0 amide bonds. The highest BCUT2D eigenvalue weighted by Crippen LogP contribution is 2.32. The minimum Gasteiger partial charge on any atom is -0.611 e. The average molecular weight is 691 g/mol. The summed E-state index contributed by atoms with van der Waals surface area (Å²) in [6, 6.07) is 5.99. The molecule has 0 spiro atoms. The van der Waals surface area contributed by atoms with Gasteiger partial charge in [0.15, 0.2) is 4.90 Å². The van der Waals surface area contributed by atoms with Gasteiger partial charge in [0.25, 0.3) is 12.9 Å². The normalized spacial score (nSPS) is 12.9. The molecule has 45 heavy (non-hydrogen) atoms. The zero-order valence-electron chi connectivity index (χ0n) is 23.7. The van der Waals surface area contributed by atoms with E-state index in [2.05, 4.69) is 20.2 Å². The predicted molar refractivity (Wildman–Crippen MR) is 146 cm³/mol. The Morgan fingerprint density at radius 2 is 1.18 bits per heavy atom. The highest BCUT2D eigenvalue weighted by atomic mass is 32.2. The molecule has 0 radical (unpaired) electrons. The summed E-state index contributed by atoms with van der Waals surface area (Å²) in [6.45, 7) is 6.60. The van der Waals surface area contributed by atoms with Crippen molar-refractivity contribution < 1.29 is 48.5 Å². The lowest BCUT2D eigenvalue weighted by molar-refractivity contribution is -0.107. The zero-order chi connectivity index (χ0) is 33.9. The van der Waals surface area contributed by atoms with Crippen molar-refractivity contribution >= 4 is 22.9 Å². The molecule has 2 heterocycles. The van der Waals surface area contributed by atoms with E-state index in [1.807, 2.05) is 0 Å². The van der Waals surface area contributed by atoms with E-state index in [9.17, 15) is 48.5 Å². The van der Waals surface area contributed by atoms with Crippen LogP contribution in [0, 0.1) is 27.7 Å². The van der Waals surface area contributed by atoms with Gasteiger partial charge in [0.05, 0.1) is 17.1 Å². The van der Waals surface area contributed by atoms with Crippen molar-refractivity contribution in [3.63, 3.8) is 0 Å². The van der Waals surface area contributed by atoms with Crippen LogP contribution in [0.15, 0.2) is 46.7 Å². The van der Waals surface area contributed by atoms with Crippen molar-refractivity contribution in [2.75, 3.05) is 11.5 Å². The van der Waals surface area contributed by atoms with Crippen LogP contribution < -0.4 is 0 Å². The molecular weight excluding hydrogens is 666 g/mol. The van der Waals surface area contributed by atoms with Crippen LogP contribution in [0.3, 0.4) is 0 Å². The van der Waals surface area contributed by atoms with Gasteiger partial charge in [-0.1, -0.05) is 6.07 Å². The number of nitrogens with zero attached hydrogens (tertiary/aromatic N) is 6. The molecule has 1 unspecified atom stereocenters. The van der Waals surface area contributed by atoms with E-state index in [4.69, 9.17) is 0 Å². The Morgan fingerprint density at radius 1 is 0.711 bits per heavy atom. The predicted octanol–water partition coefficient (Wildman–Crippen LogP) is 7.97. The monoisotopic (exact) mass is 690 g/mol. The van der Waals surface area contributed by atoms with Crippen LogP contribution in [0.25, 0.3) is 11.4 Å². The zero-order valence-corrected chi connectivity index (χ0v) is 25.4. The summed E-state index contributed by atoms with van der Waals surface area (Å²) in [5, 5.41) is 7.22. The highest BCUT2D eigenvalue weighted by Gasteiger charge is 2.36. The van der Waals surface area contributed by atoms with E-state index in [0.29, 0.717) is 44.6 Å². The number of aromatic nitrogens is 6. The van der Waals surface area contributed by atoms with Crippen molar-refractivity contribution in [3.8, 4) is 11.4 Å². The van der Waals surface area contributed by atoms with E-state index in [1.54, 1.807) is 26.8 Å². The molecule has 0 aliphatic heterocycles. The Morgan fingerprint density at radius 3 is 1.60 bits per heavy atom. The summed E-state index contributed by atoms with van der Waals surface area (Å²) in [7, 11) is 0. The number of aryl methyl sites for hydroxylation is 4. The number of hydrogen-bond acceptors (Lipinski definition) is 6. The Labute approximate surface area is 257 Å². The first kappa shape index (κ1) is 36.2. The van der Waals surface area contributed by atoms with E-state index in [-0.39, 0.29) is 10.6 Å². The van der Waals surface area contributed by atoms with Gasteiger partial charge < -0.3 is 4.55 Å². The lowest BCUT2D eigenvalue weighted by Gasteiger charge is -2.16. The van der Waals surface area contributed by atoms with Crippen LogP contribution in [0.4, 0.5) is 43.9 Å². The van der Waals surface area contributed by atoms with Crippen LogP contribution in [0.5, 0.6) is 0 Å². The Bertz CT molecular complexity index is 1600. The number of alkyl halides is 10. The van der Waals surface area contributed by atoms with E-state index in [0.717, 1.165) is 22.0 Å². The maximum atomic E-state index is 12.5. The Hall–Kier alpha value is -3.32. The molecule has 2 aromatic carbocycles. The molecule has 0 saturated carbocycles. The SMILES string of the molecule is Cc1cc(C)c(-n2cnc(C(F)F)n2)cc1SCC(F)(F)F.Cc1cc(C)c([S+]([O-])CC(F)(F)F)cc1-n1cnc(C(F)F)n1. The van der Waals surface area contributed by atoms with Gasteiger partial charge in [-0.3, -0.25) is 0 Å². The van der Waals surface area contributed by atoms with Crippen molar-refractivity contribution in [2.24, 2.45) is 0 Å². The van der Waals surface area contributed by atoms with Crippen LogP contribution in [0.2, 0.25) is 0 Å². The minimum absolute atomic E-state index is 0.0166. The number of hydrogen-bond donors (Lipinski definition) is 0. The van der Waals surface area contributed by atoms with Crippen LogP contribution in [0.1, 0.15) is 46.8 Å². The van der Waals surface area contributed by atoms with Crippen LogP contribution >= 0.6 is 11.8 Å². The molecule has 4 rings (SSSR count). The number of rotatable bonds is 8. The first-order valence-corrected chi connectivity index (χ1v) is 14.8. The average Bonchev–Trinajstić information content (AvgIpc) is 3.58. The highest BCUT2D eigenvalue weighted by molar-refractivity contribution is 7.99.